The maximum Gasteiger partial charge on any atom is 0.277 e. The zero-order chi connectivity index (χ0) is 21.6. The number of hydrogen-bond donors (Lipinski definition) is 2. The van der Waals surface area contributed by atoms with E-state index in [1.54, 1.807) is 0 Å². The highest BCUT2D eigenvalue weighted by Crippen LogP contribution is 2.34. The molecule has 0 aliphatic carbocycles. The van der Waals surface area contributed by atoms with Crippen molar-refractivity contribution in [2.75, 3.05) is 18.1 Å². The smallest absolute Gasteiger partial charge is 0.277 e. The van der Waals surface area contributed by atoms with Crippen LogP contribution in [0.3, 0.4) is 0 Å². The van der Waals surface area contributed by atoms with E-state index in [4.69, 9.17) is 5.73 Å². The summed E-state index contributed by atoms with van der Waals surface area (Å²) in [6, 6.07) is 4.63. The molecule has 0 fully saturated rings. The molecule has 3 rings (SSSR count). The highest BCUT2D eigenvalue weighted by atomic mass is 79.9. The molecule has 1 atom stereocenters. The van der Waals surface area contributed by atoms with Gasteiger partial charge < -0.3 is 11.1 Å². The van der Waals surface area contributed by atoms with E-state index in [1.807, 2.05) is 0 Å². The highest BCUT2D eigenvalue weighted by Gasteiger charge is 2.41. The summed E-state index contributed by atoms with van der Waals surface area (Å²) in [5, 5.41) is 2.42. The number of aromatic nitrogens is 1. The normalized spacial score (nSPS) is 20.2. The van der Waals surface area contributed by atoms with Gasteiger partial charge in [0.05, 0.1) is 5.75 Å². The second-order valence-electron chi connectivity index (χ2n) is 6.60. The monoisotopic (exact) mass is 503 g/mol. The predicted octanol–water partition coefficient (Wildman–Crippen LogP) is 2.82. The summed E-state index contributed by atoms with van der Waals surface area (Å²) in [6.07, 6.45) is 1.26. The molecule has 1 aromatic carbocycles. The molecule has 0 unspecified atom stereocenters. The fourth-order valence-electron chi connectivity index (χ4n) is 2.88. The lowest BCUT2D eigenvalue weighted by Gasteiger charge is -2.34. The Morgan fingerprint density at radius 2 is 1.97 bits per heavy atom. The van der Waals surface area contributed by atoms with Crippen molar-refractivity contribution in [3.63, 3.8) is 0 Å². The standard InChI is InChI=1S/C17H16BrF2N5O3S.CH4/c1-17(8-29(27,28)25(2)16(21)24-17)11-6-10(3-4-12(11)19)23-15(26)14-13(20)5-9(18)7-22-14;/h3-7H,8H2,1-2H3,(H2,21,24)(H,23,26);1H4/t17-;/m0./s1. The Kier molecular flexibility index (Phi) is 6.52. The lowest BCUT2D eigenvalue weighted by Crippen LogP contribution is -2.50. The fourth-order valence-corrected chi connectivity index (χ4v) is 4.63. The number of anilines is 1. The first-order chi connectivity index (χ1) is 13.4. The summed E-state index contributed by atoms with van der Waals surface area (Å²) in [6.45, 7) is 1.42. The number of pyridine rings is 1. The van der Waals surface area contributed by atoms with Gasteiger partial charge in [0.1, 0.15) is 11.4 Å². The highest BCUT2D eigenvalue weighted by molar-refractivity contribution is 9.10. The van der Waals surface area contributed by atoms with Crippen LogP contribution in [-0.4, -0.2) is 42.4 Å². The third-order valence-electron chi connectivity index (χ3n) is 4.39. The molecule has 8 nitrogen and oxygen atoms in total. The first kappa shape index (κ1) is 23.7. The quantitative estimate of drug-likeness (QED) is 0.667. The minimum Gasteiger partial charge on any atom is -0.369 e. The number of nitrogens with two attached hydrogens (primary N) is 1. The largest absolute Gasteiger partial charge is 0.369 e. The van der Waals surface area contributed by atoms with E-state index in [-0.39, 0.29) is 24.6 Å². The molecule has 0 spiro atoms. The number of carbonyl (C=O) groups excluding carboxylic acids is 1. The van der Waals surface area contributed by atoms with Crippen LogP contribution in [0.15, 0.2) is 39.9 Å². The molecule has 30 heavy (non-hydrogen) atoms. The Balaban J connectivity index is 0.00000320. The van der Waals surface area contributed by atoms with Crippen LogP contribution in [-0.2, 0) is 15.6 Å². The number of sulfonamides is 1. The first-order valence-corrected chi connectivity index (χ1v) is 10.6. The summed E-state index contributed by atoms with van der Waals surface area (Å²) in [4.78, 5) is 20.2. The van der Waals surface area contributed by atoms with E-state index in [0.717, 1.165) is 16.4 Å². The van der Waals surface area contributed by atoms with Gasteiger partial charge >= 0.3 is 0 Å². The number of rotatable bonds is 3. The van der Waals surface area contributed by atoms with Crippen LogP contribution in [0.1, 0.15) is 30.4 Å². The van der Waals surface area contributed by atoms with Crippen molar-refractivity contribution >= 4 is 43.5 Å². The van der Waals surface area contributed by atoms with Crippen molar-refractivity contribution < 1.29 is 22.0 Å². The van der Waals surface area contributed by atoms with Crippen LogP contribution >= 0.6 is 15.9 Å². The van der Waals surface area contributed by atoms with Crippen LogP contribution < -0.4 is 11.1 Å². The zero-order valence-corrected chi connectivity index (χ0v) is 17.7. The molecule has 3 N–H and O–H groups in total. The number of nitrogens with one attached hydrogen (secondary N) is 1. The zero-order valence-electron chi connectivity index (χ0n) is 15.3. The number of benzene rings is 1. The molecule has 2 aromatic rings. The van der Waals surface area contributed by atoms with Gasteiger partial charge in [-0.1, -0.05) is 7.43 Å². The van der Waals surface area contributed by atoms with Crippen molar-refractivity contribution in [2.45, 2.75) is 19.9 Å². The molecular weight excluding hydrogens is 484 g/mol. The maximum atomic E-state index is 14.5. The van der Waals surface area contributed by atoms with Crippen molar-refractivity contribution in [1.29, 1.82) is 0 Å². The van der Waals surface area contributed by atoms with Crippen molar-refractivity contribution in [1.82, 2.24) is 9.29 Å². The van der Waals surface area contributed by atoms with E-state index >= 15 is 0 Å². The number of halogens is 3. The Hall–Kier alpha value is -2.60. The van der Waals surface area contributed by atoms with Crippen LogP contribution in [0.4, 0.5) is 14.5 Å². The Bertz CT molecular complexity index is 1140. The van der Waals surface area contributed by atoms with Gasteiger partial charge in [0, 0.05) is 29.0 Å². The van der Waals surface area contributed by atoms with Gasteiger partial charge in [-0.25, -0.2) is 31.5 Å². The average Bonchev–Trinajstić information content (AvgIpc) is 2.60. The summed E-state index contributed by atoms with van der Waals surface area (Å²) in [7, 11) is -2.56. The molecule has 2 heterocycles. The van der Waals surface area contributed by atoms with Gasteiger partial charge in [-0.2, -0.15) is 0 Å². The van der Waals surface area contributed by atoms with E-state index in [1.165, 1.54) is 32.3 Å². The third-order valence-corrected chi connectivity index (χ3v) is 6.77. The van der Waals surface area contributed by atoms with Gasteiger partial charge in [0.2, 0.25) is 16.0 Å². The summed E-state index contributed by atoms with van der Waals surface area (Å²) in [5.74, 6) is -3.22. The number of guanidine groups is 1. The topological polar surface area (TPSA) is 118 Å². The van der Waals surface area contributed by atoms with Crippen molar-refractivity contribution in [3.05, 3.63) is 57.8 Å². The summed E-state index contributed by atoms with van der Waals surface area (Å²) >= 11 is 3.05. The van der Waals surface area contributed by atoms with Gasteiger partial charge in [-0.05, 0) is 47.1 Å². The molecule has 0 saturated heterocycles. The molecule has 1 aliphatic rings. The molecule has 1 amide bonds. The van der Waals surface area contributed by atoms with E-state index < -0.39 is 44.6 Å². The second kappa shape index (κ2) is 8.26. The number of aliphatic imine (C=N–C) groups is 1. The number of amides is 1. The van der Waals surface area contributed by atoms with Crippen LogP contribution in [0.2, 0.25) is 0 Å². The number of hydrogen-bond acceptors (Lipinski definition) is 6. The minimum absolute atomic E-state index is 0. The van der Waals surface area contributed by atoms with Crippen LogP contribution in [0.25, 0.3) is 0 Å². The van der Waals surface area contributed by atoms with Crippen LogP contribution in [0.5, 0.6) is 0 Å². The second-order valence-corrected chi connectivity index (χ2v) is 9.52. The Labute approximate surface area is 181 Å². The van der Waals surface area contributed by atoms with Crippen molar-refractivity contribution in [2.24, 2.45) is 10.7 Å². The minimum atomic E-state index is -3.81. The molecule has 0 bridgehead atoms. The van der Waals surface area contributed by atoms with E-state index in [0.29, 0.717) is 4.47 Å². The number of carbonyl (C=O) groups is 1. The average molecular weight is 504 g/mol. The molecule has 1 aliphatic heterocycles. The third kappa shape index (κ3) is 4.43. The lowest BCUT2D eigenvalue weighted by molar-refractivity contribution is 0.101. The van der Waals surface area contributed by atoms with Crippen LogP contribution in [0, 0.1) is 11.6 Å². The van der Waals surface area contributed by atoms with Gasteiger partial charge in [-0.15, -0.1) is 0 Å². The van der Waals surface area contributed by atoms with E-state index in [2.05, 4.69) is 31.2 Å². The predicted molar refractivity (Wildman–Crippen MR) is 114 cm³/mol. The molecule has 0 radical (unpaired) electrons. The molecule has 12 heteroatoms. The summed E-state index contributed by atoms with van der Waals surface area (Å²) in [5.41, 5.74) is 3.76. The molecule has 0 saturated carbocycles. The van der Waals surface area contributed by atoms with E-state index in [9.17, 15) is 22.0 Å². The maximum absolute atomic E-state index is 14.5. The first-order valence-electron chi connectivity index (χ1n) is 8.17. The Morgan fingerprint density at radius 1 is 1.30 bits per heavy atom. The fraction of sp³-hybridized carbons (Fsp3) is 0.278. The number of nitrogens with zero attached hydrogens (tertiary/aromatic N) is 3. The van der Waals surface area contributed by atoms with Gasteiger partial charge in [-0.3, -0.25) is 4.79 Å². The molecule has 1 aromatic heterocycles. The van der Waals surface area contributed by atoms with Gasteiger partial charge in [0.15, 0.2) is 11.5 Å². The van der Waals surface area contributed by atoms with Gasteiger partial charge in [0.25, 0.3) is 5.91 Å². The summed E-state index contributed by atoms with van der Waals surface area (Å²) < 4.78 is 54.3. The Morgan fingerprint density at radius 3 is 2.57 bits per heavy atom. The lowest BCUT2D eigenvalue weighted by atomic mass is 9.93. The SMILES string of the molecule is C.CN1C(N)=N[C@](C)(c2cc(NC(=O)c3ncc(Br)cc3F)ccc2F)CS1(=O)=O. The van der Waals surface area contributed by atoms with Crippen molar-refractivity contribution in [3.8, 4) is 0 Å². The molecule has 162 valence electrons. The molecular formula is C18H20BrF2N5O3S.